The molecule has 2 nitrogen and oxygen atoms in total. The van der Waals surface area contributed by atoms with E-state index in [0.29, 0.717) is 0 Å². The van der Waals surface area contributed by atoms with Gasteiger partial charge in [-0.1, -0.05) is 7.43 Å². The van der Waals surface area contributed by atoms with Gasteiger partial charge in [0.15, 0.2) is 8.40 Å². The predicted molar refractivity (Wildman–Crippen MR) is 51.6 cm³/mol. The fourth-order valence-corrected chi connectivity index (χ4v) is 1.20. The minimum absolute atomic E-state index is 0. The molecule has 0 bridgehead atoms. The van der Waals surface area contributed by atoms with Crippen LogP contribution in [0.1, 0.15) is 7.43 Å². The molecule has 0 saturated heterocycles. The van der Waals surface area contributed by atoms with Crippen molar-refractivity contribution in [3.05, 3.63) is 0 Å². The number of hydrogen-bond acceptors (Lipinski definition) is 2. The molecule has 0 aliphatic carbocycles. The largest absolute Gasteiger partial charge is 0.317 e. The standard InChI is InChI=1S/C6H18N2Si.CH4/c1-7(2)9(5,6)8(3)4;/h1-6H3;1H4. The third-order valence-corrected chi connectivity index (χ3v) is 6.57. The third-order valence-electron chi connectivity index (χ3n) is 2.19. The molecule has 0 fully saturated rings. The summed E-state index contributed by atoms with van der Waals surface area (Å²) < 4.78 is 4.65. The fraction of sp³-hybridized carbons (Fsp3) is 1.00. The van der Waals surface area contributed by atoms with Crippen LogP contribution < -0.4 is 0 Å². The second-order valence-corrected chi connectivity index (χ2v) is 8.06. The highest BCUT2D eigenvalue weighted by Gasteiger charge is 2.26. The van der Waals surface area contributed by atoms with Crippen molar-refractivity contribution in [1.82, 2.24) is 9.13 Å². The molecule has 0 unspecified atom stereocenters. The first-order valence-corrected chi connectivity index (χ1v) is 6.13. The molecule has 0 heterocycles. The van der Waals surface area contributed by atoms with E-state index < -0.39 is 8.40 Å². The number of hydrogen-bond donors (Lipinski definition) is 0. The summed E-state index contributed by atoms with van der Waals surface area (Å²) in [5, 5.41) is 0. The summed E-state index contributed by atoms with van der Waals surface area (Å²) in [6, 6.07) is 0. The molecule has 0 amide bonds. The van der Waals surface area contributed by atoms with Gasteiger partial charge >= 0.3 is 0 Å². The molecule has 0 N–H and O–H groups in total. The van der Waals surface area contributed by atoms with Crippen LogP contribution in [0.4, 0.5) is 0 Å². The van der Waals surface area contributed by atoms with Crippen molar-refractivity contribution in [3.8, 4) is 0 Å². The van der Waals surface area contributed by atoms with E-state index in [1.54, 1.807) is 0 Å². The normalized spacial score (nSPS) is 12.0. The van der Waals surface area contributed by atoms with E-state index in [1.165, 1.54) is 0 Å². The van der Waals surface area contributed by atoms with Gasteiger partial charge in [0.25, 0.3) is 0 Å². The Morgan fingerprint density at radius 2 is 1.00 bits per heavy atom. The Kier molecular flexibility index (Phi) is 5.25. The molecule has 0 aliphatic heterocycles. The number of nitrogens with zero attached hydrogens (tertiary/aromatic N) is 2. The zero-order chi connectivity index (χ0) is 7.65. The van der Waals surface area contributed by atoms with Crippen molar-refractivity contribution in [1.29, 1.82) is 0 Å². The highest BCUT2D eigenvalue weighted by Crippen LogP contribution is 2.06. The van der Waals surface area contributed by atoms with Crippen LogP contribution in [0.15, 0.2) is 0 Å². The van der Waals surface area contributed by atoms with E-state index >= 15 is 0 Å². The van der Waals surface area contributed by atoms with Crippen LogP contribution in [-0.4, -0.2) is 45.7 Å². The summed E-state index contributed by atoms with van der Waals surface area (Å²) in [7, 11) is 7.39. The second kappa shape index (κ2) is 4.11. The maximum Gasteiger partial charge on any atom is 0.199 e. The fourth-order valence-electron chi connectivity index (χ4n) is 0.400. The lowest BCUT2D eigenvalue weighted by Gasteiger charge is -2.35. The second-order valence-electron chi connectivity index (χ2n) is 3.28. The molecule has 0 spiro atoms. The Balaban J connectivity index is 0. The molecule has 0 rings (SSSR count). The van der Waals surface area contributed by atoms with Gasteiger partial charge < -0.3 is 9.13 Å². The van der Waals surface area contributed by atoms with Gasteiger partial charge in [-0.05, 0) is 41.3 Å². The van der Waals surface area contributed by atoms with E-state index in [2.05, 4.69) is 50.4 Å². The van der Waals surface area contributed by atoms with Gasteiger partial charge in [0.2, 0.25) is 0 Å². The molecule has 0 aromatic heterocycles. The summed E-state index contributed by atoms with van der Waals surface area (Å²) in [6.45, 7) is 4.65. The molecule has 0 atom stereocenters. The van der Waals surface area contributed by atoms with Crippen molar-refractivity contribution in [2.75, 3.05) is 28.2 Å². The van der Waals surface area contributed by atoms with Crippen LogP contribution in [0.2, 0.25) is 13.1 Å². The summed E-state index contributed by atoms with van der Waals surface area (Å²) in [4.78, 5) is 0. The highest BCUT2D eigenvalue weighted by molar-refractivity contribution is 6.71. The van der Waals surface area contributed by atoms with E-state index in [9.17, 15) is 0 Å². The molecular weight excluding hydrogens is 140 g/mol. The Hall–Kier alpha value is 0.137. The van der Waals surface area contributed by atoms with Crippen LogP contribution in [0, 0.1) is 0 Å². The maximum absolute atomic E-state index is 2.33. The quantitative estimate of drug-likeness (QED) is 0.567. The van der Waals surface area contributed by atoms with Gasteiger partial charge in [0.05, 0.1) is 0 Å². The molecule has 3 heteroatoms. The summed E-state index contributed by atoms with van der Waals surface area (Å²) in [5.74, 6) is 0. The third kappa shape index (κ3) is 2.81. The first kappa shape index (κ1) is 12.8. The van der Waals surface area contributed by atoms with Gasteiger partial charge in [-0.3, -0.25) is 0 Å². The molecule has 0 saturated carbocycles. The summed E-state index contributed by atoms with van der Waals surface area (Å²) in [6.07, 6.45) is 0. The maximum atomic E-state index is 2.33. The molecule has 0 aromatic carbocycles. The molecule has 0 aliphatic rings. The Morgan fingerprint density at radius 1 is 0.800 bits per heavy atom. The Labute approximate surface area is 67.0 Å². The average molecular weight is 162 g/mol. The van der Waals surface area contributed by atoms with Crippen LogP contribution in [0.5, 0.6) is 0 Å². The van der Waals surface area contributed by atoms with Gasteiger partial charge in [-0.15, -0.1) is 0 Å². The molecular formula is C7H22N2Si. The zero-order valence-corrected chi connectivity index (χ0v) is 8.39. The van der Waals surface area contributed by atoms with Crippen molar-refractivity contribution >= 4 is 8.40 Å². The monoisotopic (exact) mass is 162 g/mol. The first-order valence-electron chi connectivity index (χ1n) is 3.24. The molecule has 0 aromatic rings. The molecule has 0 radical (unpaired) electrons. The van der Waals surface area contributed by atoms with Gasteiger partial charge in [-0.25, -0.2) is 0 Å². The van der Waals surface area contributed by atoms with Crippen LogP contribution in [-0.2, 0) is 0 Å². The van der Waals surface area contributed by atoms with Gasteiger partial charge in [-0.2, -0.15) is 0 Å². The topological polar surface area (TPSA) is 6.48 Å². The van der Waals surface area contributed by atoms with Gasteiger partial charge in [0.1, 0.15) is 0 Å². The SMILES string of the molecule is C.CN(C)[Si](C)(C)N(C)C. The van der Waals surface area contributed by atoms with E-state index in [-0.39, 0.29) is 7.43 Å². The van der Waals surface area contributed by atoms with Crippen LogP contribution in [0.25, 0.3) is 0 Å². The number of rotatable bonds is 2. The van der Waals surface area contributed by atoms with Crippen LogP contribution >= 0.6 is 0 Å². The zero-order valence-electron chi connectivity index (χ0n) is 7.39. The van der Waals surface area contributed by atoms with Crippen molar-refractivity contribution in [2.45, 2.75) is 20.5 Å². The lowest BCUT2D eigenvalue weighted by atomic mass is 11.2. The predicted octanol–water partition coefficient (Wildman–Crippen LogP) is 1.45. The minimum atomic E-state index is -1.19. The van der Waals surface area contributed by atoms with E-state index in [4.69, 9.17) is 0 Å². The average Bonchev–Trinajstić information content (AvgIpc) is 1.65. The van der Waals surface area contributed by atoms with Crippen molar-refractivity contribution in [3.63, 3.8) is 0 Å². The smallest absolute Gasteiger partial charge is 0.199 e. The molecule has 10 heavy (non-hydrogen) atoms. The Bertz CT molecular complexity index is 79.6. The van der Waals surface area contributed by atoms with Crippen LogP contribution in [0.3, 0.4) is 0 Å². The van der Waals surface area contributed by atoms with Crippen molar-refractivity contribution in [2.24, 2.45) is 0 Å². The highest BCUT2D eigenvalue weighted by atomic mass is 28.3. The summed E-state index contributed by atoms with van der Waals surface area (Å²) in [5.41, 5.74) is 0. The van der Waals surface area contributed by atoms with Gasteiger partial charge in [0, 0.05) is 0 Å². The van der Waals surface area contributed by atoms with Crippen molar-refractivity contribution < 1.29 is 0 Å². The Morgan fingerprint density at radius 3 is 1.00 bits per heavy atom. The van der Waals surface area contributed by atoms with E-state index in [0.717, 1.165) is 0 Å². The minimum Gasteiger partial charge on any atom is -0.317 e. The van der Waals surface area contributed by atoms with E-state index in [1.807, 2.05) is 0 Å². The first-order chi connectivity index (χ1) is 3.89. The lowest BCUT2D eigenvalue weighted by molar-refractivity contribution is 0.495. The molecule has 64 valence electrons. The lowest BCUT2D eigenvalue weighted by Crippen LogP contribution is -2.55. The summed E-state index contributed by atoms with van der Waals surface area (Å²) >= 11 is 0.